The number of likely N-dealkylation sites (N-methyl/N-ethyl adjacent to an activating group) is 1. The first-order valence-corrected chi connectivity index (χ1v) is 11.9. The molecular weight excluding hydrogens is 388 g/mol. The molecular formula is C24H40N6O. The second-order valence-corrected chi connectivity index (χ2v) is 9.02. The van der Waals surface area contributed by atoms with E-state index in [0.29, 0.717) is 24.7 Å². The van der Waals surface area contributed by atoms with Gasteiger partial charge in [0.25, 0.3) is 5.91 Å². The normalized spacial score (nSPS) is 20.4. The smallest absolute Gasteiger partial charge is 0.251 e. The zero-order chi connectivity index (χ0) is 22.1. The second kappa shape index (κ2) is 12.1. The van der Waals surface area contributed by atoms with Crippen molar-refractivity contribution in [1.82, 2.24) is 25.8 Å². The maximum absolute atomic E-state index is 12.4. The molecule has 1 aromatic rings. The van der Waals surface area contributed by atoms with Crippen LogP contribution in [0.2, 0.25) is 0 Å². The number of rotatable bonds is 9. The van der Waals surface area contributed by atoms with Gasteiger partial charge < -0.3 is 20.9 Å². The quantitative estimate of drug-likeness (QED) is 0.415. The molecule has 0 radical (unpaired) electrons. The summed E-state index contributed by atoms with van der Waals surface area (Å²) in [7, 11) is 4.00. The highest BCUT2D eigenvalue weighted by Gasteiger charge is 2.30. The number of benzene rings is 1. The maximum atomic E-state index is 12.4. The van der Waals surface area contributed by atoms with E-state index in [-0.39, 0.29) is 5.91 Å². The highest BCUT2D eigenvalue weighted by molar-refractivity contribution is 5.94. The van der Waals surface area contributed by atoms with Crippen LogP contribution in [-0.4, -0.2) is 80.6 Å². The number of carbonyl (C=O) groups is 1. The molecule has 1 aliphatic carbocycles. The number of nitrogens with one attached hydrogen (secondary N) is 3. The van der Waals surface area contributed by atoms with Gasteiger partial charge in [-0.2, -0.15) is 0 Å². The van der Waals surface area contributed by atoms with Crippen molar-refractivity contribution in [1.29, 1.82) is 0 Å². The van der Waals surface area contributed by atoms with Crippen LogP contribution in [0.25, 0.3) is 0 Å². The molecule has 3 N–H and O–H groups in total. The number of carbonyl (C=O) groups excluding carboxylic acids is 1. The maximum Gasteiger partial charge on any atom is 0.251 e. The standard InChI is InChI=1S/C24H40N6O/c1-4-25-24(28-21-12-14-30(18-21)22-10-5-6-11-22)27-17-19-8-7-9-20(16-19)23(31)26-13-15-29(2)3/h7-9,16,21-22H,4-6,10-15,17-18H2,1-3H3,(H,26,31)(H2,25,27,28). The Labute approximate surface area is 187 Å². The Morgan fingerprint density at radius 1 is 1.19 bits per heavy atom. The van der Waals surface area contributed by atoms with Crippen molar-refractivity contribution in [3.63, 3.8) is 0 Å². The average molecular weight is 429 g/mol. The summed E-state index contributed by atoms with van der Waals surface area (Å²) in [6, 6.07) is 9.00. The first kappa shape index (κ1) is 23.5. The number of aliphatic imine (C=N–C) groups is 1. The molecule has 1 unspecified atom stereocenters. The summed E-state index contributed by atoms with van der Waals surface area (Å²) in [6.07, 6.45) is 6.66. The van der Waals surface area contributed by atoms with Gasteiger partial charge in [-0.1, -0.05) is 25.0 Å². The van der Waals surface area contributed by atoms with E-state index >= 15 is 0 Å². The van der Waals surface area contributed by atoms with Crippen LogP contribution < -0.4 is 16.0 Å². The van der Waals surface area contributed by atoms with Crippen molar-refractivity contribution in [2.24, 2.45) is 4.99 Å². The van der Waals surface area contributed by atoms with Gasteiger partial charge in [0, 0.05) is 50.4 Å². The fourth-order valence-electron chi connectivity index (χ4n) is 4.50. The lowest BCUT2D eigenvalue weighted by Gasteiger charge is -2.24. The van der Waals surface area contributed by atoms with Crippen LogP contribution in [0.15, 0.2) is 29.3 Å². The number of hydrogen-bond acceptors (Lipinski definition) is 4. The van der Waals surface area contributed by atoms with Crippen molar-refractivity contribution in [3.05, 3.63) is 35.4 Å². The zero-order valence-electron chi connectivity index (χ0n) is 19.5. The van der Waals surface area contributed by atoms with Crippen molar-refractivity contribution in [2.45, 2.75) is 57.7 Å². The molecule has 31 heavy (non-hydrogen) atoms. The molecule has 1 aromatic carbocycles. The van der Waals surface area contributed by atoms with E-state index in [1.807, 2.05) is 38.4 Å². The van der Waals surface area contributed by atoms with E-state index in [2.05, 4.69) is 32.7 Å². The summed E-state index contributed by atoms with van der Waals surface area (Å²) in [4.78, 5) is 21.9. The van der Waals surface area contributed by atoms with Crippen molar-refractivity contribution in [2.75, 3.05) is 46.8 Å². The van der Waals surface area contributed by atoms with Crippen molar-refractivity contribution in [3.8, 4) is 0 Å². The Morgan fingerprint density at radius 3 is 2.74 bits per heavy atom. The summed E-state index contributed by atoms with van der Waals surface area (Å²) in [5, 5.41) is 9.98. The molecule has 7 nitrogen and oxygen atoms in total. The van der Waals surface area contributed by atoms with Gasteiger partial charge in [0.2, 0.25) is 0 Å². The van der Waals surface area contributed by atoms with E-state index in [1.165, 1.54) is 38.6 Å². The van der Waals surface area contributed by atoms with Gasteiger partial charge in [-0.25, -0.2) is 4.99 Å². The monoisotopic (exact) mass is 428 g/mol. The fraction of sp³-hybridized carbons (Fsp3) is 0.667. The molecule has 3 rings (SSSR count). The molecule has 2 aliphatic rings. The predicted molar refractivity (Wildman–Crippen MR) is 128 cm³/mol. The summed E-state index contributed by atoms with van der Waals surface area (Å²) in [6.45, 7) is 7.24. The van der Waals surface area contributed by atoms with Crippen LogP contribution in [0.5, 0.6) is 0 Å². The molecule has 1 saturated carbocycles. The van der Waals surface area contributed by atoms with Gasteiger partial charge in [0.15, 0.2) is 5.96 Å². The molecule has 0 spiro atoms. The fourth-order valence-corrected chi connectivity index (χ4v) is 4.50. The molecule has 172 valence electrons. The lowest BCUT2D eigenvalue weighted by atomic mass is 10.1. The lowest BCUT2D eigenvalue weighted by molar-refractivity contribution is 0.0951. The first-order chi connectivity index (χ1) is 15.0. The van der Waals surface area contributed by atoms with Crippen LogP contribution in [-0.2, 0) is 6.54 Å². The van der Waals surface area contributed by atoms with Crippen LogP contribution >= 0.6 is 0 Å². The van der Waals surface area contributed by atoms with Gasteiger partial charge in [0.1, 0.15) is 0 Å². The minimum atomic E-state index is -0.0318. The Hall–Kier alpha value is -2.12. The van der Waals surface area contributed by atoms with Gasteiger partial charge in [-0.15, -0.1) is 0 Å². The Morgan fingerprint density at radius 2 is 2.00 bits per heavy atom. The van der Waals surface area contributed by atoms with Crippen LogP contribution in [0.4, 0.5) is 0 Å². The molecule has 1 aliphatic heterocycles. The van der Waals surface area contributed by atoms with Crippen LogP contribution in [0, 0.1) is 0 Å². The topological polar surface area (TPSA) is 72.0 Å². The molecule has 1 heterocycles. The summed E-state index contributed by atoms with van der Waals surface area (Å²) >= 11 is 0. The minimum absolute atomic E-state index is 0.0318. The summed E-state index contributed by atoms with van der Waals surface area (Å²) < 4.78 is 0. The van der Waals surface area contributed by atoms with Gasteiger partial charge >= 0.3 is 0 Å². The van der Waals surface area contributed by atoms with Gasteiger partial charge in [-0.05, 0) is 58.0 Å². The van der Waals surface area contributed by atoms with E-state index in [0.717, 1.165) is 37.2 Å². The Kier molecular flexibility index (Phi) is 9.15. The van der Waals surface area contributed by atoms with Crippen molar-refractivity contribution < 1.29 is 4.79 Å². The molecule has 0 bridgehead atoms. The molecule has 1 saturated heterocycles. The number of amides is 1. The SMILES string of the molecule is CCNC(=NCc1cccc(C(=O)NCCN(C)C)c1)NC1CCN(C2CCCC2)C1. The van der Waals surface area contributed by atoms with E-state index in [4.69, 9.17) is 4.99 Å². The third kappa shape index (κ3) is 7.51. The summed E-state index contributed by atoms with van der Waals surface area (Å²) in [5.41, 5.74) is 1.73. The summed E-state index contributed by atoms with van der Waals surface area (Å²) in [5.74, 6) is 0.831. The zero-order valence-corrected chi connectivity index (χ0v) is 19.5. The van der Waals surface area contributed by atoms with E-state index in [1.54, 1.807) is 0 Å². The third-order valence-corrected chi connectivity index (χ3v) is 6.20. The average Bonchev–Trinajstić information content (AvgIpc) is 3.44. The van der Waals surface area contributed by atoms with Crippen LogP contribution in [0.3, 0.4) is 0 Å². The predicted octanol–water partition coefficient (Wildman–Crippen LogP) is 2.05. The first-order valence-electron chi connectivity index (χ1n) is 11.9. The lowest BCUT2D eigenvalue weighted by Crippen LogP contribution is -2.45. The van der Waals surface area contributed by atoms with E-state index in [9.17, 15) is 4.79 Å². The van der Waals surface area contributed by atoms with Gasteiger partial charge in [0.05, 0.1) is 6.54 Å². The molecule has 2 fully saturated rings. The third-order valence-electron chi connectivity index (χ3n) is 6.20. The highest BCUT2D eigenvalue weighted by Crippen LogP contribution is 2.26. The van der Waals surface area contributed by atoms with Gasteiger partial charge in [-0.3, -0.25) is 9.69 Å². The minimum Gasteiger partial charge on any atom is -0.357 e. The highest BCUT2D eigenvalue weighted by atomic mass is 16.1. The molecule has 1 amide bonds. The molecule has 7 heteroatoms. The molecule has 0 aromatic heterocycles. The van der Waals surface area contributed by atoms with E-state index < -0.39 is 0 Å². The Bertz CT molecular complexity index is 729. The van der Waals surface area contributed by atoms with Crippen molar-refractivity contribution >= 4 is 11.9 Å². The number of nitrogens with zero attached hydrogens (tertiary/aromatic N) is 3. The number of likely N-dealkylation sites (tertiary alicyclic amines) is 1. The number of guanidine groups is 1. The second-order valence-electron chi connectivity index (χ2n) is 9.02. The largest absolute Gasteiger partial charge is 0.357 e. The number of hydrogen-bond donors (Lipinski definition) is 3. The Balaban J connectivity index is 1.53. The molecule has 1 atom stereocenters. The van der Waals surface area contributed by atoms with Crippen LogP contribution in [0.1, 0.15) is 54.9 Å².